The average Bonchev–Trinajstić information content (AvgIpc) is 2.91. The van der Waals surface area contributed by atoms with Crippen molar-refractivity contribution in [2.24, 2.45) is 0 Å². The molecule has 0 aromatic carbocycles. The molecule has 1 heterocycles. The molecular weight excluding hydrogens is 222 g/mol. The third-order valence-corrected chi connectivity index (χ3v) is 3.81. The maximum atomic E-state index is 4.04. The summed E-state index contributed by atoms with van der Waals surface area (Å²) in [7, 11) is 2.21. The van der Waals surface area contributed by atoms with Gasteiger partial charge in [-0.2, -0.15) is 0 Å². The molecule has 3 nitrogen and oxygen atoms in total. The topological polar surface area (TPSA) is 28.2 Å². The summed E-state index contributed by atoms with van der Waals surface area (Å²) in [4.78, 5) is 6.45. The number of nitrogens with one attached hydrogen (secondary N) is 1. The Bertz CT molecular complexity index is 320. The number of aromatic nitrogens is 1. The molecule has 1 aromatic heterocycles. The van der Waals surface area contributed by atoms with E-state index in [9.17, 15) is 0 Å². The van der Waals surface area contributed by atoms with Gasteiger partial charge in [-0.25, -0.2) is 0 Å². The van der Waals surface area contributed by atoms with Gasteiger partial charge < -0.3 is 10.2 Å². The molecule has 3 heteroatoms. The van der Waals surface area contributed by atoms with E-state index in [1.165, 1.54) is 31.2 Å². The van der Waals surface area contributed by atoms with Crippen molar-refractivity contribution in [3.63, 3.8) is 0 Å². The van der Waals surface area contributed by atoms with E-state index in [2.05, 4.69) is 34.4 Å². The third-order valence-electron chi connectivity index (χ3n) is 3.81. The van der Waals surface area contributed by atoms with Gasteiger partial charge in [-0.1, -0.05) is 12.8 Å². The summed E-state index contributed by atoms with van der Waals surface area (Å²) < 4.78 is 0. The lowest BCUT2D eigenvalue weighted by molar-refractivity contribution is 0.327. The highest BCUT2D eigenvalue weighted by molar-refractivity contribution is 5.09. The number of rotatable bonds is 7. The fourth-order valence-corrected chi connectivity index (χ4v) is 2.57. The minimum atomic E-state index is 0.790. The SMILES string of the molecule is CN(CCNC1CCCC1)CCc1ccncc1. The van der Waals surface area contributed by atoms with Crippen LogP contribution in [0.2, 0.25) is 0 Å². The summed E-state index contributed by atoms with van der Waals surface area (Å²) in [6.45, 7) is 3.38. The highest BCUT2D eigenvalue weighted by atomic mass is 15.1. The minimum Gasteiger partial charge on any atom is -0.313 e. The lowest BCUT2D eigenvalue weighted by atomic mass is 10.2. The zero-order valence-corrected chi connectivity index (χ0v) is 11.4. The molecule has 0 radical (unpaired) electrons. The van der Waals surface area contributed by atoms with Crippen LogP contribution in [0.4, 0.5) is 0 Å². The molecular formula is C15H25N3. The first-order valence-electron chi connectivity index (χ1n) is 7.15. The van der Waals surface area contributed by atoms with Crippen molar-refractivity contribution in [2.45, 2.75) is 38.1 Å². The Kier molecular flexibility index (Phi) is 5.62. The van der Waals surface area contributed by atoms with Crippen molar-refractivity contribution in [2.75, 3.05) is 26.7 Å². The van der Waals surface area contributed by atoms with Gasteiger partial charge in [0, 0.05) is 38.1 Å². The third kappa shape index (κ3) is 4.75. The lowest BCUT2D eigenvalue weighted by Crippen LogP contribution is -2.35. The Morgan fingerprint density at radius 3 is 2.67 bits per heavy atom. The summed E-state index contributed by atoms with van der Waals surface area (Å²) in [6, 6.07) is 4.99. The number of hydrogen-bond acceptors (Lipinski definition) is 3. The average molecular weight is 247 g/mol. The summed E-state index contributed by atoms with van der Waals surface area (Å²) in [6.07, 6.45) is 10.4. The van der Waals surface area contributed by atoms with Crippen LogP contribution < -0.4 is 5.32 Å². The molecule has 0 amide bonds. The second kappa shape index (κ2) is 7.49. The largest absolute Gasteiger partial charge is 0.313 e. The van der Waals surface area contributed by atoms with Gasteiger partial charge in [-0.05, 0) is 44.0 Å². The van der Waals surface area contributed by atoms with Crippen LogP contribution >= 0.6 is 0 Å². The van der Waals surface area contributed by atoms with Gasteiger partial charge in [-0.15, -0.1) is 0 Å². The van der Waals surface area contributed by atoms with Gasteiger partial charge in [0.1, 0.15) is 0 Å². The Balaban J connectivity index is 1.56. The molecule has 2 rings (SSSR count). The van der Waals surface area contributed by atoms with Crippen molar-refractivity contribution >= 4 is 0 Å². The van der Waals surface area contributed by atoms with Gasteiger partial charge in [-0.3, -0.25) is 4.98 Å². The van der Waals surface area contributed by atoms with Crippen LogP contribution in [0.3, 0.4) is 0 Å². The standard InChI is InChI=1S/C15H25N3/c1-18(12-8-14-6-9-16-10-7-14)13-11-17-15-4-2-3-5-15/h6-7,9-10,15,17H,2-5,8,11-13H2,1H3. The first-order valence-corrected chi connectivity index (χ1v) is 7.15. The number of nitrogens with zero attached hydrogens (tertiary/aromatic N) is 2. The molecule has 0 saturated heterocycles. The van der Waals surface area contributed by atoms with Crippen molar-refractivity contribution in [1.29, 1.82) is 0 Å². The molecule has 1 fully saturated rings. The molecule has 18 heavy (non-hydrogen) atoms. The van der Waals surface area contributed by atoms with E-state index in [0.29, 0.717) is 0 Å². The monoisotopic (exact) mass is 247 g/mol. The second-order valence-corrected chi connectivity index (χ2v) is 5.34. The molecule has 1 saturated carbocycles. The number of pyridine rings is 1. The predicted molar refractivity (Wildman–Crippen MR) is 75.7 cm³/mol. The van der Waals surface area contributed by atoms with E-state index in [1.807, 2.05) is 12.4 Å². The first-order chi connectivity index (χ1) is 8.84. The Morgan fingerprint density at radius 1 is 1.22 bits per heavy atom. The molecule has 0 atom stereocenters. The molecule has 100 valence electrons. The summed E-state index contributed by atoms with van der Waals surface area (Å²) in [5, 5.41) is 3.66. The van der Waals surface area contributed by atoms with E-state index in [-0.39, 0.29) is 0 Å². The van der Waals surface area contributed by atoms with Gasteiger partial charge in [0.2, 0.25) is 0 Å². The molecule has 0 unspecified atom stereocenters. The zero-order chi connectivity index (χ0) is 12.6. The molecule has 0 spiro atoms. The van der Waals surface area contributed by atoms with Gasteiger partial charge >= 0.3 is 0 Å². The number of likely N-dealkylation sites (N-methyl/N-ethyl adjacent to an activating group) is 1. The summed E-state index contributed by atoms with van der Waals surface area (Å²) >= 11 is 0. The highest BCUT2D eigenvalue weighted by Crippen LogP contribution is 2.17. The molecule has 0 bridgehead atoms. The fraction of sp³-hybridized carbons (Fsp3) is 0.667. The van der Waals surface area contributed by atoms with Crippen molar-refractivity contribution < 1.29 is 0 Å². The molecule has 1 aromatic rings. The Labute approximate surface area is 111 Å². The van der Waals surface area contributed by atoms with Crippen LogP contribution in [-0.4, -0.2) is 42.6 Å². The van der Waals surface area contributed by atoms with Crippen LogP contribution in [0.25, 0.3) is 0 Å². The van der Waals surface area contributed by atoms with E-state index >= 15 is 0 Å². The van der Waals surface area contributed by atoms with Crippen molar-refractivity contribution in [3.05, 3.63) is 30.1 Å². The Morgan fingerprint density at radius 2 is 1.94 bits per heavy atom. The van der Waals surface area contributed by atoms with Gasteiger partial charge in [0.05, 0.1) is 0 Å². The Hall–Kier alpha value is -0.930. The van der Waals surface area contributed by atoms with E-state index in [0.717, 1.165) is 32.1 Å². The molecule has 1 aliphatic rings. The van der Waals surface area contributed by atoms with Crippen molar-refractivity contribution in [1.82, 2.24) is 15.2 Å². The summed E-state index contributed by atoms with van der Waals surface area (Å²) in [5.41, 5.74) is 1.38. The minimum absolute atomic E-state index is 0.790. The van der Waals surface area contributed by atoms with E-state index < -0.39 is 0 Å². The fourth-order valence-electron chi connectivity index (χ4n) is 2.57. The smallest absolute Gasteiger partial charge is 0.0270 e. The normalized spacial score (nSPS) is 16.6. The van der Waals surface area contributed by atoms with E-state index in [4.69, 9.17) is 0 Å². The van der Waals surface area contributed by atoms with Crippen LogP contribution in [0, 0.1) is 0 Å². The van der Waals surface area contributed by atoms with Crippen LogP contribution in [0.1, 0.15) is 31.2 Å². The maximum absolute atomic E-state index is 4.04. The number of hydrogen-bond donors (Lipinski definition) is 1. The predicted octanol–water partition coefficient (Wildman–Crippen LogP) is 2.09. The van der Waals surface area contributed by atoms with Crippen LogP contribution in [-0.2, 0) is 6.42 Å². The van der Waals surface area contributed by atoms with Crippen LogP contribution in [0.5, 0.6) is 0 Å². The molecule has 0 aliphatic heterocycles. The summed E-state index contributed by atoms with van der Waals surface area (Å²) in [5.74, 6) is 0. The lowest BCUT2D eigenvalue weighted by Gasteiger charge is -2.18. The quantitative estimate of drug-likeness (QED) is 0.799. The first kappa shape index (κ1) is 13.5. The van der Waals surface area contributed by atoms with Crippen LogP contribution in [0.15, 0.2) is 24.5 Å². The zero-order valence-electron chi connectivity index (χ0n) is 11.4. The molecule has 1 N–H and O–H groups in total. The van der Waals surface area contributed by atoms with Gasteiger partial charge in [0.25, 0.3) is 0 Å². The maximum Gasteiger partial charge on any atom is 0.0270 e. The van der Waals surface area contributed by atoms with Crippen molar-refractivity contribution in [3.8, 4) is 0 Å². The van der Waals surface area contributed by atoms with E-state index in [1.54, 1.807) is 0 Å². The second-order valence-electron chi connectivity index (χ2n) is 5.34. The van der Waals surface area contributed by atoms with Gasteiger partial charge in [0.15, 0.2) is 0 Å². The highest BCUT2D eigenvalue weighted by Gasteiger charge is 2.13. The molecule has 1 aliphatic carbocycles.